The van der Waals surface area contributed by atoms with Crippen LogP contribution >= 0.6 is 0 Å². The average Bonchev–Trinajstić information content (AvgIpc) is 2.37. The normalized spacial score (nSPS) is 18.7. The molecule has 1 fully saturated rings. The number of carbonyl (C=O) groups is 2. The lowest BCUT2D eigenvalue weighted by atomic mass is 9.99. The minimum atomic E-state index is -1.03. The number of aromatic carboxylic acids is 1. The van der Waals surface area contributed by atoms with Crippen LogP contribution in [0.15, 0.2) is 18.2 Å². The highest BCUT2D eigenvalue weighted by molar-refractivity contribution is 5.89. The van der Waals surface area contributed by atoms with Gasteiger partial charge in [-0.25, -0.2) is 4.79 Å². The number of nitrogens with two attached hydrogens (primary N) is 1. The number of anilines is 1. The summed E-state index contributed by atoms with van der Waals surface area (Å²) < 4.78 is 5.56. The van der Waals surface area contributed by atoms with Crippen molar-refractivity contribution in [1.29, 1.82) is 0 Å². The molecule has 0 spiro atoms. The topological polar surface area (TPSA) is 102 Å². The maximum atomic E-state index is 11.2. The molecule has 1 aliphatic rings. The van der Waals surface area contributed by atoms with Crippen LogP contribution in [0.3, 0.4) is 0 Å². The van der Waals surface area contributed by atoms with Crippen molar-refractivity contribution >= 4 is 17.6 Å². The lowest BCUT2D eigenvalue weighted by molar-refractivity contribution is -0.123. The zero-order valence-electron chi connectivity index (χ0n) is 10.4. The number of ether oxygens (including phenoxy) is 1. The van der Waals surface area contributed by atoms with Gasteiger partial charge in [-0.3, -0.25) is 4.79 Å². The summed E-state index contributed by atoms with van der Waals surface area (Å²) >= 11 is 0. The summed E-state index contributed by atoms with van der Waals surface area (Å²) in [6.45, 7) is 1.07. The van der Waals surface area contributed by atoms with Crippen molar-refractivity contribution in [3.05, 3.63) is 23.8 Å². The Balaban J connectivity index is 1.96. The smallest absolute Gasteiger partial charge is 0.335 e. The van der Waals surface area contributed by atoms with Gasteiger partial charge in [-0.2, -0.15) is 0 Å². The first-order valence-electron chi connectivity index (χ1n) is 6.08. The summed E-state index contributed by atoms with van der Waals surface area (Å²) in [6.07, 6.45) is 1.33. The molecule has 0 aromatic heterocycles. The van der Waals surface area contributed by atoms with Crippen LogP contribution in [0.1, 0.15) is 23.2 Å². The zero-order valence-corrected chi connectivity index (χ0v) is 10.4. The number of carboxylic acid groups (broad SMARTS) is 1. The highest BCUT2D eigenvalue weighted by Gasteiger charge is 2.19. The molecular formula is C13H16N2O4. The van der Waals surface area contributed by atoms with Gasteiger partial charge in [-0.15, -0.1) is 0 Å². The molecule has 0 saturated carbocycles. The molecule has 6 nitrogen and oxygen atoms in total. The van der Waals surface area contributed by atoms with Crippen LogP contribution in [0.2, 0.25) is 0 Å². The molecule has 1 amide bonds. The largest absolute Gasteiger partial charge is 0.491 e. The summed E-state index contributed by atoms with van der Waals surface area (Å²) in [5.41, 5.74) is 6.15. The first-order valence-corrected chi connectivity index (χ1v) is 6.08. The Morgan fingerprint density at radius 2 is 2.32 bits per heavy atom. The number of hydrogen-bond acceptors (Lipinski definition) is 4. The molecule has 2 rings (SSSR count). The van der Waals surface area contributed by atoms with Crippen LogP contribution in [0.5, 0.6) is 5.75 Å². The molecule has 0 bridgehead atoms. The van der Waals surface area contributed by atoms with Gasteiger partial charge in [-0.05, 0) is 24.6 Å². The third kappa shape index (κ3) is 3.37. The molecule has 1 unspecified atom stereocenters. The number of amides is 1. The summed E-state index contributed by atoms with van der Waals surface area (Å²) in [6, 6.07) is 4.36. The fourth-order valence-corrected chi connectivity index (χ4v) is 2.01. The van der Waals surface area contributed by atoms with Crippen molar-refractivity contribution in [3.8, 4) is 5.75 Å². The van der Waals surface area contributed by atoms with Gasteiger partial charge in [-0.1, -0.05) is 0 Å². The highest BCUT2D eigenvalue weighted by atomic mass is 16.5. The second kappa shape index (κ2) is 5.60. The van der Waals surface area contributed by atoms with Gasteiger partial charge >= 0.3 is 5.97 Å². The van der Waals surface area contributed by atoms with Gasteiger partial charge in [0.05, 0.1) is 17.9 Å². The molecule has 102 valence electrons. The van der Waals surface area contributed by atoms with E-state index >= 15 is 0 Å². The van der Waals surface area contributed by atoms with Crippen molar-refractivity contribution in [2.45, 2.75) is 12.8 Å². The average molecular weight is 264 g/mol. The Morgan fingerprint density at radius 3 is 2.95 bits per heavy atom. The number of carboxylic acids is 1. The van der Waals surface area contributed by atoms with Gasteiger partial charge in [0.15, 0.2) is 0 Å². The Hall–Kier alpha value is -2.24. The van der Waals surface area contributed by atoms with Crippen LogP contribution in [0.4, 0.5) is 5.69 Å². The van der Waals surface area contributed by atoms with E-state index in [2.05, 4.69) is 5.32 Å². The third-order valence-corrected chi connectivity index (χ3v) is 3.08. The zero-order chi connectivity index (χ0) is 13.8. The van der Waals surface area contributed by atoms with Crippen molar-refractivity contribution in [2.75, 3.05) is 18.9 Å². The van der Waals surface area contributed by atoms with Crippen LogP contribution in [0.25, 0.3) is 0 Å². The lowest BCUT2D eigenvalue weighted by Crippen LogP contribution is -2.35. The Morgan fingerprint density at radius 1 is 1.53 bits per heavy atom. The number of carbonyl (C=O) groups excluding carboxylic acids is 1. The van der Waals surface area contributed by atoms with E-state index in [0.29, 0.717) is 31.0 Å². The van der Waals surface area contributed by atoms with Crippen LogP contribution in [-0.4, -0.2) is 30.1 Å². The second-order valence-electron chi connectivity index (χ2n) is 4.58. The predicted molar refractivity (Wildman–Crippen MR) is 69.0 cm³/mol. The van der Waals surface area contributed by atoms with E-state index in [0.717, 1.165) is 6.42 Å². The molecule has 6 heteroatoms. The Labute approximate surface area is 110 Å². The summed E-state index contributed by atoms with van der Waals surface area (Å²) in [4.78, 5) is 22.0. The van der Waals surface area contributed by atoms with E-state index in [4.69, 9.17) is 15.6 Å². The predicted octanol–water partition coefficient (Wildman–Crippen LogP) is 0.872. The number of nitrogens with one attached hydrogen (secondary N) is 1. The van der Waals surface area contributed by atoms with E-state index in [1.165, 1.54) is 12.1 Å². The molecule has 1 heterocycles. The van der Waals surface area contributed by atoms with Crippen LogP contribution in [0, 0.1) is 5.92 Å². The molecule has 0 radical (unpaired) electrons. The number of piperidine rings is 1. The summed E-state index contributed by atoms with van der Waals surface area (Å²) in [5, 5.41) is 11.6. The molecule has 1 aromatic carbocycles. The molecular weight excluding hydrogens is 248 g/mol. The Kier molecular flexibility index (Phi) is 3.89. The number of hydrogen-bond donors (Lipinski definition) is 3. The molecule has 1 aliphatic heterocycles. The number of benzene rings is 1. The Bertz CT molecular complexity index is 501. The van der Waals surface area contributed by atoms with E-state index in [9.17, 15) is 9.59 Å². The highest BCUT2D eigenvalue weighted by Crippen LogP contribution is 2.24. The standard InChI is InChI=1S/C13H16N2O4/c14-10-6-9(13(17)18)1-2-11(10)19-7-8-3-4-15-12(16)5-8/h1-2,6,8H,3-5,7,14H2,(H,15,16)(H,17,18). The van der Waals surface area contributed by atoms with Crippen molar-refractivity contribution in [3.63, 3.8) is 0 Å². The van der Waals surface area contributed by atoms with Crippen molar-refractivity contribution < 1.29 is 19.4 Å². The molecule has 1 saturated heterocycles. The van der Waals surface area contributed by atoms with Crippen molar-refractivity contribution in [2.24, 2.45) is 5.92 Å². The van der Waals surface area contributed by atoms with E-state index in [-0.39, 0.29) is 17.4 Å². The minimum Gasteiger partial charge on any atom is -0.491 e. The number of rotatable bonds is 4. The van der Waals surface area contributed by atoms with E-state index < -0.39 is 5.97 Å². The summed E-state index contributed by atoms with van der Waals surface area (Å²) in [7, 11) is 0. The maximum Gasteiger partial charge on any atom is 0.335 e. The van der Waals surface area contributed by atoms with Crippen LogP contribution in [-0.2, 0) is 4.79 Å². The van der Waals surface area contributed by atoms with Gasteiger partial charge in [0, 0.05) is 18.9 Å². The first kappa shape index (κ1) is 13.2. The van der Waals surface area contributed by atoms with Crippen molar-refractivity contribution in [1.82, 2.24) is 5.32 Å². The van der Waals surface area contributed by atoms with E-state index in [1.807, 2.05) is 0 Å². The van der Waals surface area contributed by atoms with E-state index in [1.54, 1.807) is 6.07 Å². The second-order valence-corrected chi connectivity index (χ2v) is 4.58. The molecule has 1 atom stereocenters. The lowest BCUT2D eigenvalue weighted by Gasteiger charge is -2.22. The number of nitrogen functional groups attached to an aromatic ring is 1. The fourth-order valence-electron chi connectivity index (χ4n) is 2.01. The quantitative estimate of drug-likeness (QED) is 0.700. The third-order valence-electron chi connectivity index (χ3n) is 3.08. The fraction of sp³-hybridized carbons (Fsp3) is 0.385. The van der Waals surface area contributed by atoms with Gasteiger partial charge in [0.2, 0.25) is 5.91 Å². The van der Waals surface area contributed by atoms with Gasteiger partial charge < -0.3 is 20.9 Å². The van der Waals surface area contributed by atoms with Gasteiger partial charge in [0.1, 0.15) is 5.75 Å². The summed E-state index contributed by atoms with van der Waals surface area (Å²) in [5.74, 6) is -0.362. The maximum absolute atomic E-state index is 11.2. The minimum absolute atomic E-state index is 0.0362. The molecule has 4 N–H and O–H groups in total. The SMILES string of the molecule is Nc1cc(C(=O)O)ccc1OCC1CCNC(=O)C1. The van der Waals surface area contributed by atoms with Crippen LogP contribution < -0.4 is 15.8 Å². The van der Waals surface area contributed by atoms with Gasteiger partial charge in [0.25, 0.3) is 0 Å². The molecule has 0 aliphatic carbocycles. The monoisotopic (exact) mass is 264 g/mol. The molecule has 1 aromatic rings. The molecule has 19 heavy (non-hydrogen) atoms. The first-order chi connectivity index (χ1) is 9.06.